The van der Waals surface area contributed by atoms with Crippen LogP contribution in [0, 0.1) is 12.3 Å². The Morgan fingerprint density at radius 2 is 2.27 bits per heavy atom. The second kappa shape index (κ2) is 4.05. The Balaban J connectivity index is 2.70. The number of terminal acetylenes is 1. The molecule has 2 heterocycles. The van der Waals surface area contributed by atoms with Crippen LogP contribution >= 0.6 is 0 Å². The minimum Gasteiger partial charge on any atom is -0.262 e. The molecule has 2 aromatic rings. The van der Waals surface area contributed by atoms with Crippen molar-refractivity contribution in [3.63, 3.8) is 0 Å². The summed E-state index contributed by atoms with van der Waals surface area (Å²) in [6.45, 7) is 2.12. The average Bonchev–Trinajstić information content (AvgIpc) is 2.29. The van der Waals surface area contributed by atoms with Crippen LogP contribution in [0.5, 0.6) is 0 Å². The zero-order valence-electron chi connectivity index (χ0n) is 8.57. The zero-order chi connectivity index (χ0) is 10.7. The predicted molar refractivity (Wildman–Crippen MR) is 59.3 cm³/mol. The second-order valence-electron chi connectivity index (χ2n) is 3.28. The number of aryl methyl sites for hydroxylation is 1. The molecular weight excluding hydrogens is 186 g/mol. The van der Waals surface area contributed by atoms with Crippen molar-refractivity contribution in [2.45, 2.75) is 19.8 Å². The van der Waals surface area contributed by atoms with Gasteiger partial charge in [0.15, 0.2) is 0 Å². The Morgan fingerprint density at radius 1 is 1.40 bits per heavy atom. The van der Waals surface area contributed by atoms with E-state index < -0.39 is 0 Å². The van der Waals surface area contributed by atoms with E-state index in [1.807, 2.05) is 6.07 Å². The largest absolute Gasteiger partial charge is 0.262 e. The molecule has 0 atom stereocenters. The summed E-state index contributed by atoms with van der Waals surface area (Å²) in [4.78, 5) is 12.6. The van der Waals surface area contributed by atoms with Gasteiger partial charge in [-0.15, -0.1) is 6.42 Å². The zero-order valence-corrected chi connectivity index (χ0v) is 8.57. The number of hydrogen-bond acceptors (Lipinski definition) is 3. The van der Waals surface area contributed by atoms with E-state index in [0.717, 1.165) is 29.4 Å². The number of aromatic nitrogens is 3. The number of rotatable bonds is 2. The SMILES string of the molecule is C#Cc1nc(CCC)c2ccncc2n1. The highest BCUT2D eigenvalue weighted by atomic mass is 14.9. The van der Waals surface area contributed by atoms with Crippen LogP contribution in [0.1, 0.15) is 24.9 Å². The van der Waals surface area contributed by atoms with E-state index in [4.69, 9.17) is 6.42 Å². The van der Waals surface area contributed by atoms with Gasteiger partial charge >= 0.3 is 0 Å². The van der Waals surface area contributed by atoms with Gasteiger partial charge in [-0.05, 0) is 18.4 Å². The molecule has 2 aromatic heterocycles. The first-order valence-corrected chi connectivity index (χ1v) is 4.92. The lowest BCUT2D eigenvalue weighted by atomic mass is 10.1. The third-order valence-electron chi connectivity index (χ3n) is 2.19. The molecule has 0 saturated heterocycles. The number of fused-ring (bicyclic) bond motifs is 1. The number of nitrogens with zero attached hydrogens (tertiary/aromatic N) is 3. The minimum absolute atomic E-state index is 0.443. The van der Waals surface area contributed by atoms with Gasteiger partial charge < -0.3 is 0 Å². The summed E-state index contributed by atoms with van der Waals surface area (Å²) >= 11 is 0. The quantitative estimate of drug-likeness (QED) is 0.691. The topological polar surface area (TPSA) is 38.7 Å². The summed E-state index contributed by atoms with van der Waals surface area (Å²) < 4.78 is 0. The van der Waals surface area contributed by atoms with Gasteiger partial charge in [-0.3, -0.25) is 4.98 Å². The maximum atomic E-state index is 5.31. The van der Waals surface area contributed by atoms with Gasteiger partial charge in [-0.2, -0.15) is 0 Å². The molecule has 0 aliphatic carbocycles. The van der Waals surface area contributed by atoms with Crippen molar-refractivity contribution >= 4 is 10.9 Å². The lowest BCUT2D eigenvalue weighted by Gasteiger charge is -2.03. The summed E-state index contributed by atoms with van der Waals surface area (Å²) in [7, 11) is 0. The molecule has 74 valence electrons. The molecule has 0 aliphatic rings. The highest BCUT2D eigenvalue weighted by Crippen LogP contribution is 2.15. The first-order valence-electron chi connectivity index (χ1n) is 4.92. The van der Waals surface area contributed by atoms with Gasteiger partial charge in [0.05, 0.1) is 17.4 Å². The molecule has 0 spiro atoms. The van der Waals surface area contributed by atoms with E-state index in [2.05, 4.69) is 27.8 Å². The van der Waals surface area contributed by atoms with Gasteiger partial charge in [0, 0.05) is 11.6 Å². The second-order valence-corrected chi connectivity index (χ2v) is 3.28. The van der Waals surface area contributed by atoms with Crippen molar-refractivity contribution in [1.29, 1.82) is 0 Å². The van der Waals surface area contributed by atoms with E-state index in [9.17, 15) is 0 Å². The van der Waals surface area contributed by atoms with Gasteiger partial charge in [0.1, 0.15) is 0 Å². The van der Waals surface area contributed by atoms with Crippen molar-refractivity contribution in [3.05, 3.63) is 30.0 Å². The van der Waals surface area contributed by atoms with Gasteiger partial charge in [0.25, 0.3) is 0 Å². The standard InChI is InChI=1S/C12H11N3/c1-3-5-10-9-6-7-13-8-11(9)15-12(4-2)14-10/h2,6-8H,3,5H2,1H3. The van der Waals surface area contributed by atoms with Crippen LogP contribution in [0.15, 0.2) is 18.5 Å². The van der Waals surface area contributed by atoms with Gasteiger partial charge in [0.2, 0.25) is 5.82 Å². The third kappa shape index (κ3) is 1.79. The van der Waals surface area contributed by atoms with E-state index in [0.29, 0.717) is 5.82 Å². The monoisotopic (exact) mass is 197 g/mol. The first-order chi connectivity index (χ1) is 7.35. The highest BCUT2D eigenvalue weighted by Gasteiger charge is 2.05. The molecular formula is C12H11N3. The molecule has 0 saturated carbocycles. The number of pyridine rings is 1. The molecule has 0 unspecified atom stereocenters. The molecule has 0 N–H and O–H groups in total. The average molecular weight is 197 g/mol. The highest BCUT2D eigenvalue weighted by molar-refractivity contribution is 5.80. The molecule has 3 nitrogen and oxygen atoms in total. The van der Waals surface area contributed by atoms with Crippen LogP contribution in [-0.2, 0) is 6.42 Å². The van der Waals surface area contributed by atoms with Crippen LogP contribution in [0.25, 0.3) is 10.9 Å². The molecule has 0 fully saturated rings. The maximum Gasteiger partial charge on any atom is 0.205 e. The van der Waals surface area contributed by atoms with E-state index in [1.54, 1.807) is 12.4 Å². The van der Waals surface area contributed by atoms with Crippen molar-refractivity contribution in [2.75, 3.05) is 0 Å². The number of hydrogen-bond donors (Lipinski definition) is 0. The molecule has 0 aromatic carbocycles. The fourth-order valence-electron chi connectivity index (χ4n) is 1.54. The fraction of sp³-hybridized carbons (Fsp3) is 0.250. The summed E-state index contributed by atoms with van der Waals surface area (Å²) in [5, 5.41) is 1.05. The molecule has 0 amide bonds. The van der Waals surface area contributed by atoms with Gasteiger partial charge in [-0.25, -0.2) is 9.97 Å². The molecule has 2 rings (SSSR count). The smallest absolute Gasteiger partial charge is 0.205 e. The minimum atomic E-state index is 0.443. The lowest BCUT2D eigenvalue weighted by Crippen LogP contribution is -1.98. The Labute approximate surface area is 88.6 Å². The molecule has 0 bridgehead atoms. The van der Waals surface area contributed by atoms with Crippen LogP contribution < -0.4 is 0 Å². The molecule has 0 aliphatic heterocycles. The van der Waals surface area contributed by atoms with Crippen LogP contribution in [0.2, 0.25) is 0 Å². The molecule has 0 radical (unpaired) electrons. The summed E-state index contributed by atoms with van der Waals surface area (Å²) in [5.41, 5.74) is 1.83. The Kier molecular flexibility index (Phi) is 2.59. The Morgan fingerprint density at radius 3 is 3.00 bits per heavy atom. The third-order valence-corrected chi connectivity index (χ3v) is 2.19. The van der Waals surface area contributed by atoms with Crippen molar-refractivity contribution in [1.82, 2.24) is 15.0 Å². The maximum absolute atomic E-state index is 5.31. The molecule has 3 heteroatoms. The van der Waals surface area contributed by atoms with Crippen molar-refractivity contribution in [3.8, 4) is 12.3 Å². The Hall–Kier alpha value is -1.95. The van der Waals surface area contributed by atoms with Crippen molar-refractivity contribution in [2.24, 2.45) is 0 Å². The van der Waals surface area contributed by atoms with E-state index in [1.165, 1.54) is 0 Å². The Bertz CT molecular complexity index is 526. The van der Waals surface area contributed by atoms with E-state index in [-0.39, 0.29) is 0 Å². The van der Waals surface area contributed by atoms with E-state index >= 15 is 0 Å². The predicted octanol–water partition coefficient (Wildman–Crippen LogP) is 1.96. The summed E-state index contributed by atoms with van der Waals surface area (Å²) in [6, 6.07) is 1.93. The lowest BCUT2D eigenvalue weighted by molar-refractivity contribution is 0.882. The van der Waals surface area contributed by atoms with Crippen LogP contribution in [0.3, 0.4) is 0 Å². The van der Waals surface area contributed by atoms with Crippen molar-refractivity contribution < 1.29 is 0 Å². The first kappa shape index (κ1) is 9.60. The van der Waals surface area contributed by atoms with Gasteiger partial charge in [-0.1, -0.05) is 13.3 Å². The summed E-state index contributed by atoms with van der Waals surface area (Å²) in [6.07, 6.45) is 10.7. The fourth-order valence-corrected chi connectivity index (χ4v) is 1.54. The van der Waals surface area contributed by atoms with Crippen LogP contribution in [0.4, 0.5) is 0 Å². The van der Waals surface area contributed by atoms with Crippen LogP contribution in [-0.4, -0.2) is 15.0 Å². The summed E-state index contributed by atoms with van der Waals surface area (Å²) in [5.74, 6) is 2.91. The molecule has 15 heavy (non-hydrogen) atoms. The normalized spacial score (nSPS) is 10.1.